The van der Waals surface area contributed by atoms with E-state index in [0.29, 0.717) is 0 Å². The van der Waals surface area contributed by atoms with Crippen LogP contribution in [0.4, 0.5) is 0 Å². The van der Waals surface area contributed by atoms with E-state index in [2.05, 4.69) is 34.7 Å². The van der Waals surface area contributed by atoms with Crippen LogP contribution in [0.5, 0.6) is 0 Å². The number of nitrogens with zero attached hydrogens (tertiary/aromatic N) is 3. The maximum absolute atomic E-state index is 6.25. The molecule has 4 rings (SSSR count). The van der Waals surface area contributed by atoms with Gasteiger partial charge in [-0.2, -0.15) is 5.10 Å². The molecule has 0 N–H and O–H groups in total. The van der Waals surface area contributed by atoms with E-state index < -0.39 is 0 Å². The minimum absolute atomic E-state index is 0. The second kappa shape index (κ2) is 7.75. The lowest BCUT2D eigenvalue weighted by molar-refractivity contribution is 0.00175. The van der Waals surface area contributed by atoms with Crippen LogP contribution in [0.25, 0.3) is 22.2 Å². The Kier molecular flexibility index (Phi) is 5.64. The van der Waals surface area contributed by atoms with Crippen molar-refractivity contribution in [2.24, 2.45) is 0 Å². The van der Waals surface area contributed by atoms with Crippen molar-refractivity contribution >= 4 is 34.9 Å². The number of rotatable bonds is 3. The average molecular weight is 378 g/mol. The quantitative estimate of drug-likeness (QED) is 0.666. The molecule has 2 heterocycles. The first-order valence-corrected chi connectivity index (χ1v) is 8.67. The van der Waals surface area contributed by atoms with Gasteiger partial charge in [-0.3, -0.25) is 4.90 Å². The van der Waals surface area contributed by atoms with Gasteiger partial charge in [0.25, 0.3) is 0 Å². The summed E-state index contributed by atoms with van der Waals surface area (Å²) < 4.78 is 7.59. The van der Waals surface area contributed by atoms with Crippen LogP contribution in [0, 0.1) is 0 Å². The summed E-state index contributed by atoms with van der Waals surface area (Å²) in [6.07, 6.45) is 0.176. The van der Waals surface area contributed by atoms with E-state index in [0.717, 1.165) is 53.5 Å². The van der Waals surface area contributed by atoms with Crippen LogP contribution in [0.15, 0.2) is 48.5 Å². The van der Waals surface area contributed by atoms with E-state index in [1.54, 1.807) is 0 Å². The molecule has 1 atom stereocenters. The second-order valence-electron chi connectivity index (χ2n) is 6.10. The monoisotopic (exact) mass is 377 g/mol. The third kappa shape index (κ3) is 3.53. The Morgan fingerprint density at radius 3 is 2.52 bits per heavy atom. The minimum Gasteiger partial charge on any atom is -0.379 e. The number of hydrogen-bond donors (Lipinski definition) is 0. The Morgan fingerprint density at radius 1 is 1.08 bits per heavy atom. The van der Waals surface area contributed by atoms with Gasteiger partial charge in [0.1, 0.15) is 11.9 Å². The van der Waals surface area contributed by atoms with Crippen LogP contribution in [-0.2, 0) is 4.74 Å². The number of benzene rings is 2. The topological polar surface area (TPSA) is 30.3 Å². The highest BCUT2D eigenvalue weighted by Crippen LogP contribution is 2.32. The standard InChI is InChI=1S/C19H20ClN3O.ClH/c1-14(22-9-11-24-12-10-22)23-18-8-7-16(20)13-17(18)19(21-23)15-5-3-2-4-6-15;/h2-8,13-14H,9-12H2,1H3;1H. The van der Waals surface area contributed by atoms with Crippen LogP contribution in [-0.4, -0.2) is 41.0 Å². The van der Waals surface area contributed by atoms with Crippen molar-refractivity contribution < 1.29 is 4.74 Å². The molecule has 4 nitrogen and oxygen atoms in total. The van der Waals surface area contributed by atoms with Crippen molar-refractivity contribution in [3.8, 4) is 11.3 Å². The highest BCUT2D eigenvalue weighted by Gasteiger charge is 2.22. The Bertz CT molecular complexity index is 845. The van der Waals surface area contributed by atoms with Crippen LogP contribution in [0.1, 0.15) is 13.1 Å². The zero-order chi connectivity index (χ0) is 16.5. The van der Waals surface area contributed by atoms with Crippen LogP contribution >= 0.6 is 24.0 Å². The van der Waals surface area contributed by atoms with E-state index in [4.69, 9.17) is 21.4 Å². The van der Waals surface area contributed by atoms with Gasteiger partial charge in [0.05, 0.1) is 18.7 Å². The van der Waals surface area contributed by atoms with E-state index in [-0.39, 0.29) is 18.6 Å². The molecule has 0 bridgehead atoms. The van der Waals surface area contributed by atoms with Crippen LogP contribution < -0.4 is 0 Å². The van der Waals surface area contributed by atoms with Crippen molar-refractivity contribution in [3.05, 3.63) is 53.6 Å². The molecule has 0 saturated carbocycles. The second-order valence-corrected chi connectivity index (χ2v) is 6.54. The van der Waals surface area contributed by atoms with Gasteiger partial charge in [0, 0.05) is 29.1 Å². The number of morpholine rings is 1. The Labute approximate surface area is 158 Å². The van der Waals surface area contributed by atoms with Crippen molar-refractivity contribution in [2.45, 2.75) is 13.1 Å². The molecule has 6 heteroatoms. The van der Waals surface area contributed by atoms with Crippen molar-refractivity contribution in [3.63, 3.8) is 0 Å². The zero-order valence-electron chi connectivity index (χ0n) is 14.1. The lowest BCUT2D eigenvalue weighted by atomic mass is 10.1. The molecule has 3 aromatic rings. The molecular weight excluding hydrogens is 357 g/mol. The Hall–Kier alpha value is -1.59. The minimum atomic E-state index is 0. The maximum atomic E-state index is 6.25. The van der Waals surface area contributed by atoms with Gasteiger partial charge in [-0.1, -0.05) is 41.9 Å². The molecule has 0 aliphatic carbocycles. The Balaban J connectivity index is 0.00000182. The fourth-order valence-corrected chi connectivity index (χ4v) is 3.49. The number of halogens is 2. The van der Waals surface area contributed by atoms with Gasteiger partial charge in [-0.25, -0.2) is 4.68 Å². The summed E-state index contributed by atoms with van der Waals surface area (Å²) in [6.45, 7) is 5.61. The highest BCUT2D eigenvalue weighted by molar-refractivity contribution is 6.31. The molecule has 1 fully saturated rings. The fourth-order valence-electron chi connectivity index (χ4n) is 3.31. The third-order valence-electron chi connectivity index (χ3n) is 4.64. The first kappa shape index (κ1) is 18.2. The lowest BCUT2D eigenvalue weighted by Gasteiger charge is -2.32. The van der Waals surface area contributed by atoms with Crippen LogP contribution in [0.3, 0.4) is 0 Å². The molecule has 2 aromatic carbocycles. The fraction of sp³-hybridized carbons (Fsp3) is 0.316. The average Bonchev–Trinajstić information content (AvgIpc) is 3.01. The summed E-state index contributed by atoms with van der Waals surface area (Å²) in [7, 11) is 0. The molecule has 0 spiro atoms. The molecule has 0 radical (unpaired) electrons. The lowest BCUT2D eigenvalue weighted by Crippen LogP contribution is -2.40. The normalized spacial score (nSPS) is 16.6. The number of hydrogen-bond acceptors (Lipinski definition) is 3. The van der Waals surface area contributed by atoms with Gasteiger partial charge >= 0.3 is 0 Å². The third-order valence-corrected chi connectivity index (χ3v) is 4.88. The molecule has 132 valence electrons. The first-order valence-electron chi connectivity index (χ1n) is 8.29. The van der Waals surface area contributed by atoms with Crippen molar-refractivity contribution in [1.29, 1.82) is 0 Å². The molecular formula is C19H21Cl2N3O. The number of ether oxygens (including phenoxy) is 1. The summed E-state index contributed by atoms with van der Waals surface area (Å²) in [4.78, 5) is 2.40. The zero-order valence-corrected chi connectivity index (χ0v) is 15.6. The first-order chi connectivity index (χ1) is 11.7. The number of fused-ring (bicyclic) bond motifs is 1. The highest BCUT2D eigenvalue weighted by atomic mass is 35.5. The predicted molar refractivity (Wildman–Crippen MR) is 105 cm³/mol. The summed E-state index contributed by atoms with van der Waals surface area (Å²) in [5.74, 6) is 0. The molecule has 1 aliphatic rings. The molecule has 1 aromatic heterocycles. The summed E-state index contributed by atoms with van der Waals surface area (Å²) in [6, 6.07) is 16.3. The largest absolute Gasteiger partial charge is 0.379 e. The molecule has 1 saturated heterocycles. The summed E-state index contributed by atoms with van der Waals surface area (Å²) in [5, 5.41) is 6.78. The molecule has 0 amide bonds. The van der Waals surface area contributed by atoms with Crippen molar-refractivity contribution in [2.75, 3.05) is 26.3 Å². The summed E-state index contributed by atoms with van der Waals surface area (Å²) >= 11 is 6.25. The molecule has 1 unspecified atom stereocenters. The van der Waals surface area contributed by atoms with E-state index >= 15 is 0 Å². The van der Waals surface area contributed by atoms with Gasteiger partial charge in [0.2, 0.25) is 0 Å². The maximum Gasteiger partial charge on any atom is 0.102 e. The van der Waals surface area contributed by atoms with Gasteiger partial charge < -0.3 is 4.74 Å². The smallest absolute Gasteiger partial charge is 0.102 e. The van der Waals surface area contributed by atoms with Crippen LogP contribution in [0.2, 0.25) is 5.02 Å². The molecule has 25 heavy (non-hydrogen) atoms. The predicted octanol–water partition coefficient (Wildman–Crippen LogP) is 4.63. The van der Waals surface area contributed by atoms with Gasteiger partial charge in [-0.05, 0) is 25.1 Å². The molecule has 1 aliphatic heterocycles. The Morgan fingerprint density at radius 2 is 1.80 bits per heavy atom. The van der Waals surface area contributed by atoms with Gasteiger partial charge in [0.15, 0.2) is 0 Å². The van der Waals surface area contributed by atoms with Gasteiger partial charge in [-0.15, -0.1) is 12.4 Å². The van der Waals surface area contributed by atoms with E-state index in [1.165, 1.54) is 0 Å². The summed E-state index contributed by atoms with van der Waals surface area (Å²) in [5.41, 5.74) is 3.20. The SMILES string of the molecule is CC(N1CCOCC1)n1nc(-c2ccccc2)c2cc(Cl)ccc21.Cl. The number of aromatic nitrogens is 2. The van der Waals surface area contributed by atoms with E-state index in [1.807, 2.05) is 30.3 Å². The van der Waals surface area contributed by atoms with E-state index in [9.17, 15) is 0 Å². The van der Waals surface area contributed by atoms with Crippen molar-refractivity contribution in [1.82, 2.24) is 14.7 Å².